The van der Waals surface area contributed by atoms with Crippen molar-refractivity contribution in [2.24, 2.45) is 0 Å². The standard InChI is InChI=1S/C23H26N2O3/c1-16-3-2-4-19(13-16)23(28)9-11-25(12-10-23)15-21(26)18-5-7-20-17(14-18)6-8-22(27)24-20/h2-5,7,13-14,28H,6,8-12,15H2,1H3,(H,24,27). The molecule has 1 amide bonds. The number of hydrogen-bond acceptors (Lipinski definition) is 4. The van der Waals surface area contributed by atoms with Gasteiger partial charge in [0.05, 0.1) is 12.1 Å². The molecule has 0 saturated carbocycles. The van der Waals surface area contributed by atoms with Crippen molar-refractivity contribution in [3.05, 3.63) is 64.7 Å². The number of likely N-dealkylation sites (tertiary alicyclic amines) is 1. The first-order valence-corrected chi connectivity index (χ1v) is 9.91. The molecule has 146 valence electrons. The predicted octanol–water partition coefficient (Wildman–Crippen LogP) is 3.05. The predicted molar refractivity (Wildman–Crippen MR) is 108 cm³/mol. The number of rotatable bonds is 4. The number of aryl methyl sites for hydroxylation is 2. The maximum absolute atomic E-state index is 12.7. The molecule has 28 heavy (non-hydrogen) atoms. The number of piperidine rings is 1. The molecule has 2 heterocycles. The molecular weight excluding hydrogens is 352 g/mol. The molecule has 0 unspecified atom stereocenters. The van der Waals surface area contributed by atoms with E-state index >= 15 is 0 Å². The summed E-state index contributed by atoms with van der Waals surface area (Å²) in [5.41, 5.74) is 3.83. The van der Waals surface area contributed by atoms with Gasteiger partial charge in [-0.3, -0.25) is 14.5 Å². The monoisotopic (exact) mass is 378 g/mol. The lowest BCUT2D eigenvalue weighted by molar-refractivity contribution is -0.116. The second-order valence-corrected chi connectivity index (χ2v) is 8.02. The average molecular weight is 378 g/mol. The van der Waals surface area contributed by atoms with E-state index in [0.29, 0.717) is 50.9 Å². The zero-order valence-corrected chi connectivity index (χ0v) is 16.2. The lowest BCUT2D eigenvalue weighted by Gasteiger charge is -2.38. The van der Waals surface area contributed by atoms with E-state index in [0.717, 1.165) is 22.4 Å². The van der Waals surface area contributed by atoms with E-state index in [1.807, 2.05) is 43.3 Å². The molecule has 2 aromatic carbocycles. The van der Waals surface area contributed by atoms with Gasteiger partial charge in [-0.25, -0.2) is 0 Å². The number of fused-ring (bicyclic) bond motifs is 1. The number of benzene rings is 2. The summed E-state index contributed by atoms with van der Waals surface area (Å²) in [7, 11) is 0. The van der Waals surface area contributed by atoms with Crippen LogP contribution in [0.15, 0.2) is 42.5 Å². The number of aliphatic hydroxyl groups is 1. The maximum Gasteiger partial charge on any atom is 0.224 e. The highest BCUT2D eigenvalue weighted by atomic mass is 16.3. The van der Waals surface area contributed by atoms with Crippen molar-refractivity contribution in [2.75, 3.05) is 25.0 Å². The maximum atomic E-state index is 12.7. The fourth-order valence-electron chi connectivity index (χ4n) is 4.16. The summed E-state index contributed by atoms with van der Waals surface area (Å²) in [5.74, 6) is 0.113. The third kappa shape index (κ3) is 3.86. The first-order valence-electron chi connectivity index (χ1n) is 9.91. The van der Waals surface area contributed by atoms with Crippen molar-refractivity contribution in [2.45, 2.75) is 38.2 Å². The van der Waals surface area contributed by atoms with Gasteiger partial charge in [-0.1, -0.05) is 29.8 Å². The molecule has 2 N–H and O–H groups in total. The second kappa shape index (κ2) is 7.49. The van der Waals surface area contributed by atoms with Crippen molar-refractivity contribution in [3.63, 3.8) is 0 Å². The SMILES string of the molecule is Cc1cccc(C2(O)CCN(CC(=O)c3ccc4c(c3)CCC(=O)N4)CC2)c1. The molecule has 0 radical (unpaired) electrons. The molecule has 5 heteroatoms. The van der Waals surface area contributed by atoms with Crippen LogP contribution in [0.3, 0.4) is 0 Å². The Labute approximate surface area is 165 Å². The minimum absolute atomic E-state index is 0.0287. The van der Waals surface area contributed by atoms with Gasteiger partial charge in [0.25, 0.3) is 0 Å². The number of nitrogens with one attached hydrogen (secondary N) is 1. The van der Waals surface area contributed by atoms with Crippen molar-refractivity contribution >= 4 is 17.4 Å². The zero-order valence-electron chi connectivity index (χ0n) is 16.2. The number of ketones is 1. The molecular formula is C23H26N2O3. The summed E-state index contributed by atoms with van der Waals surface area (Å²) in [6, 6.07) is 13.6. The van der Waals surface area contributed by atoms with Crippen LogP contribution in [0.25, 0.3) is 0 Å². The Kier molecular flexibility index (Phi) is 5.04. The second-order valence-electron chi connectivity index (χ2n) is 8.02. The smallest absolute Gasteiger partial charge is 0.224 e. The van der Waals surface area contributed by atoms with Gasteiger partial charge in [0, 0.05) is 30.8 Å². The van der Waals surface area contributed by atoms with Gasteiger partial charge in [-0.15, -0.1) is 0 Å². The number of Topliss-reactive ketones (excluding diaryl/α,β-unsaturated/α-hetero) is 1. The summed E-state index contributed by atoms with van der Waals surface area (Å²) in [5, 5.41) is 13.9. The van der Waals surface area contributed by atoms with Crippen molar-refractivity contribution in [3.8, 4) is 0 Å². The lowest BCUT2D eigenvalue weighted by atomic mass is 9.84. The fourth-order valence-corrected chi connectivity index (χ4v) is 4.16. The van der Waals surface area contributed by atoms with Gasteiger partial charge in [0.15, 0.2) is 5.78 Å². The van der Waals surface area contributed by atoms with Crippen LogP contribution in [0.1, 0.15) is 46.3 Å². The average Bonchev–Trinajstić information content (AvgIpc) is 2.69. The van der Waals surface area contributed by atoms with Crippen LogP contribution in [0.5, 0.6) is 0 Å². The van der Waals surface area contributed by atoms with Crippen molar-refractivity contribution in [1.82, 2.24) is 4.90 Å². The third-order valence-corrected chi connectivity index (χ3v) is 5.93. The number of carbonyl (C=O) groups excluding carboxylic acids is 2. The Hall–Kier alpha value is -2.50. The van der Waals surface area contributed by atoms with Crippen molar-refractivity contribution in [1.29, 1.82) is 0 Å². The molecule has 2 aliphatic rings. The van der Waals surface area contributed by atoms with Crippen LogP contribution in [0.4, 0.5) is 5.69 Å². The third-order valence-electron chi connectivity index (χ3n) is 5.93. The topological polar surface area (TPSA) is 69.6 Å². The highest BCUT2D eigenvalue weighted by Gasteiger charge is 2.34. The van der Waals surface area contributed by atoms with Crippen molar-refractivity contribution < 1.29 is 14.7 Å². The molecule has 1 fully saturated rings. The van der Waals surface area contributed by atoms with Gasteiger partial charge in [-0.05, 0) is 55.5 Å². The van der Waals surface area contributed by atoms with Crippen LogP contribution in [0.2, 0.25) is 0 Å². The first kappa shape index (κ1) is 18.8. The molecule has 0 aromatic heterocycles. The van der Waals surface area contributed by atoms with E-state index in [2.05, 4.69) is 10.2 Å². The van der Waals surface area contributed by atoms with E-state index in [4.69, 9.17) is 0 Å². The van der Waals surface area contributed by atoms with E-state index in [-0.39, 0.29) is 11.7 Å². The largest absolute Gasteiger partial charge is 0.385 e. The highest BCUT2D eigenvalue weighted by molar-refractivity contribution is 6.00. The van der Waals surface area contributed by atoms with E-state index in [1.54, 1.807) is 6.07 Å². The number of carbonyl (C=O) groups is 2. The fraction of sp³-hybridized carbons (Fsp3) is 0.391. The number of nitrogens with zero attached hydrogens (tertiary/aromatic N) is 1. The van der Waals surface area contributed by atoms with Crippen LogP contribution >= 0.6 is 0 Å². The molecule has 0 spiro atoms. The van der Waals surface area contributed by atoms with E-state index in [9.17, 15) is 14.7 Å². The van der Waals surface area contributed by atoms with Gasteiger partial charge in [0.1, 0.15) is 0 Å². The molecule has 4 rings (SSSR count). The van der Waals surface area contributed by atoms with Gasteiger partial charge < -0.3 is 10.4 Å². The summed E-state index contributed by atoms with van der Waals surface area (Å²) in [6.07, 6.45) is 2.39. The number of anilines is 1. The lowest BCUT2D eigenvalue weighted by Crippen LogP contribution is -2.44. The summed E-state index contributed by atoms with van der Waals surface area (Å²) < 4.78 is 0. The molecule has 0 bridgehead atoms. The van der Waals surface area contributed by atoms with Crippen LogP contribution < -0.4 is 5.32 Å². The molecule has 0 aliphatic carbocycles. The molecule has 5 nitrogen and oxygen atoms in total. The summed E-state index contributed by atoms with van der Waals surface area (Å²) in [6.45, 7) is 3.77. The Morgan fingerprint density at radius 2 is 1.93 bits per heavy atom. The number of hydrogen-bond donors (Lipinski definition) is 2. The Bertz CT molecular complexity index is 914. The Morgan fingerprint density at radius 3 is 2.68 bits per heavy atom. The van der Waals surface area contributed by atoms with Crippen LogP contribution in [0, 0.1) is 6.92 Å². The van der Waals surface area contributed by atoms with E-state index in [1.165, 1.54) is 0 Å². The van der Waals surface area contributed by atoms with E-state index < -0.39 is 5.60 Å². The normalized spacial score (nSPS) is 19.0. The van der Waals surface area contributed by atoms with Gasteiger partial charge in [-0.2, -0.15) is 0 Å². The Balaban J connectivity index is 1.38. The molecule has 0 atom stereocenters. The minimum atomic E-state index is -0.810. The quantitative estimate of drug-likeness (QED) is 0.803. The van der Waals surface area contributed by atoms with Gasteiger partial charge in [0.2, 0.25) is 5.91 Å². The molecule has 2 aliphatic heterocycles. The summed E-state index contributed by atoms with van der Waals surface area (Å²) >= 11 is 0. The minimum Gasteiger partial charge on any atom is -0.385 e. The van der Waals surface area contributed by atoms with Crippen LogP contribution in [-0.4, -0.2) is 41.3 Å². The van der Waals surface area contributed by atoms with Gasteiger partial charge >= 0.3 is 0 Å². The summed E-state index contributed by atoms with van der Waals surface area (Å²) in [4.78, 5) is 26.3. The molecule has 1 saturated heterocycles. The number of amides is 1. The Morgan fingerprint density at radius 1 is 1.14 bits per heavy atom. The zero-order chi connectivity index (χ0) is 19.7. The van der Waals surface area contributed by atoms with Crippen LogP contribution in [-0.2, 0) is 16.8 Å². The highest BCUT2D eigenvalue weighted by Crippen LogP contribution is 2.33. The first-order chi connectivity index (χ1) is 13.4. The molecule has 2 aromatic rings.